The lowest BCUT2D eigenvalue weighted by atomic mass is 10.1. The molecule has 0 bridgehead atoms. The maximum absolute atomic E-state index is 12.9. The third kappa shape index (κ3) is 5.14. The Kier molecular flexibility index (Phi) is 5.54. The largest absolute Gasteiger partial charge is 0.484 e. The Balaban J connectivity index is 2.04. The predicted octanol–water partition coefficient (Wildman–Crippen LogP) is 5.14. The number of nitrogens with one attached hydrogen (secondary N) is 1. The highest BCUT2D eigenvalue weighted by Crippen LogP contribution is 2.36. The van der Waals surface area contributed by atoms with Crippen LogP contribution in [0.5, 0.6) is 5.75 Å². The van der Waals surface area contributed by atoms with Gasteiger partial charge in [-0.1, -0.05) is 27.5 Å². The molecule has 0 aromatic heterocycles. The van der Waals surface area contributed by atoms with Crippen LogP contribution in [0.1, 0.15) is 5.56 Å². The average Bonchev–Trinajstić information content (AvgIpc) is 2.47. The van der Waals surface area contributed by atoms with Crippen molar-refractivity contribution in [2.45, 2.75) is 6.18 Å². The topological polar surface area (TPSA) is 38.3 Å². The van der Waals surface area contributed by atoms with E-state index in [-0.39, 0.29) is 10.7 Å². The molecule has 1 amide bonds. The molecule has 0 fully saturated rings. The van der Waals surface area contributed by atoms with Crippen LogP contribution in [0.15, 0.2) is 46.9 Å². The summed E-state index contributed by atoms with van der Waals surface area (Å²) in [5.74, 6) is -0.281. The molecule has 0 unspecified atom stereocenters. The number of carbonyl (C=O) groups is 1. The van der Waals surface area contributed by atoms with Crippen molar-refractivity contribution in [1.29, 1.82) is 0 Å². The third-order valence-corrected chi connectivity index (χ3v) is 3.51. The summed E-state index contributed by atoms with van der Waals surface area (Å²) in [7, 11) is 0. The second kappa shape index (κ2) is 7.23. The van der Waals surface area contributed by atoms with Crippen molar-refractivity contribution in [3.63, 3.8) is 0 Å². The summed E-state index contributed by atoms with van der Waals surface area (Å²) >= 11 is 8.82. The Morgan fingerprint density at radius 3 is 2.43 bits per heavy atom. The highest BCUT2D eigenvalue weighted by molar-refractivity contribution is 9.10. The minimum atomic E-state index is -4.62. The molecule has 0 saturated carbocycles. The van der Waals surface area contributed by atoms with Gasteiger partial charge in [0.05, 0.1) is 11.3 Å². The number of ether oxygens (including phenoxy) is 1. The van der Waals surface area contributed by atoms with Crippen molar-refractivity contribution in [1.82, 2.24) is 0 Å². The van der Waals surface area contributed by atoms with E-state index in [0.29, 0.717) is 5.75 Å². The number of alkyl halides is 3. The molecule has 0 heterocycles. The minimum absolute atomic E-state index is 0.0681. The molecule has 0 saturated heterocycles. The van der Waals surface area contributed by atoms with E-state index in [0.717, 1.165) is 16.6 Å². The zero-order valence-electron chi connectivity index (χ0n) is 11.5. The van der Waals surface area contributed by atoms with Crippen LogP contribution in [-0.4, -0.2) is 12.5 Å². The number of hydrogen-bond acceptors (Lipinski definition) is 2. The van der Waals surface area contributed by atoms with Gasteiger partial charge in [0.2, 0.25) is 0 Å². The van der Waals surface area contributed by atoms with E-state index in [4.69, 9.17) is 16.3 Å². The van der Waals surface area contributed by atoms with Gasteiger partial charge < -0.3 is 10.1 Å². The van der Waals surface area contributed by atoms with Crippen LogP contribution in [0, 0.1) is 0 Å². The highest BCUT2D eigenvalue weighted by Gasteiger charge is 2.34. The molecule has 0 aliphatic rings. The molecule has 122 valence electrons. The molecule has 0 spiro atoms. The van der Waals surface area contributed by atoms with Gasteiger partial charge in [0, 0.05) is 9.50 Å². The average molecular weight is 409 g/mol. The van der Waals surface area contributed by atoms with E-state index in [2.05, 4.69) is 21.2 Å². The Bertz CT molecular complexity index is 705. The summed E-state index contributed by atoms with van der Waals surface area (Å²) in [6.07, 6.45) is -4.62. The molecule has 3 nitrogen and oxygen atoms in total. The van der Waals surface area contributed by atoms with Crippen LogP contribution in [-0.2, 0) is 11.0 Å². The summed E-state index contributed by atoms with van der Waals surface area (Å²) in [6.45, 7) is -0.415. The number of anilines is 1. The van der Waals surface area contributed by atoms with Gasteiger partial charge in [0.1, 0.15) is 5.75 Å². The quantitative estimate of drug-likeness (QED) is 0.761. The van der Waals surface area contributed by atoms with E-state index >= 15 is 0 Å². The van der Waals surface area contributed by atoms with Crippen LogP contribution < -0.4 is 10.1 Å². The van der Waals surface area contributed by atoms with E-state index in [9.17, 15) is 18.0 Å². The van der Waals surface area contributed by atoms with Gasteiger partial charge in [0.15, 0.2) is 6.61 Å². The molecular weight excluding hydrogens is 399 g/mol. The summed E-state index contributed by atoms with van der Waals surface area (Å²) in [5.41, 5.74) is -1.38. The van der Waals surface area contributed by atoms with Crippen molar-refractivity contribution in [3.05, 3.63) is 57.5 Å². The Morgan fingerprint density at radius 1 is 1.17 bits per heavy atom. The summed E-state index contributed by atoms with van der Waals surface area (Å²) in [5, 5.41) is 2.11. The van der Waals surface area contributed by atoms with Gasteiger partial charge in [-0.25, -0.2) is 0 Å². The third-order valence-electron chi connectivity index (χ3n) is 2.74. The first-order valence-corrected chi connectivity index (χ1v) is 7.48. The van der Waals surface area contributed by atoms with Crippen molar-refractivity contribution >= 4 is 39.1 Å². The summed E-state index contributed by atoms with van der Waals surface area (Å²) in [4.78, 5) is 11.8. The standard InChI is InChI=1S/C15H10BrClF3NO2/c16-9-1-4-11(5-2-9)23-8-14(22)21-13-6-3-10(17)7-12(13)15(18,19)20/h1-7H,8H2,(H,21,22). The van der Waals surface area contributed by atoms with Crippen molar-refractivity contribution in [2.24, 2.45) is 0 Å². The van der Waals surface area contributed by atoms with Crippen molar-refractivity contribution < 1.29 is 22.7 Å². The second-order valence-corrected chi connectivity index (χ2v) is 5.83. The number of carbonyl (C=O) groups excluding carboxylic acids is 1. The number of rotatable bonds is 4. The van der Waals surface area contributed by atoms with Gasteiger partial charge in [-0.15, -0.1) is 0 Å². The van der Waals surface area contributed by atoms with E-state index in [1.807, 2.05) is 0 Å². The minimum Gasteiger partial charge on any atom is -0.484 e. The van der Waals surface area contributed by atoms with Gasteiger partial charge >= 0.3 is 6.18 Å². The molecule has 0 aliphatic heterocycles. The molecule has 23 heavy (non-hydrogen) atoms. The maximum Gasteiger partial charge on any atom is 0.418 e. The smallest absolute Gasteiger partial charge is 0.418 e. The molecule has 0 radical (unpaired) electrons. The van der Waals surface area contributed by atoms with Crippen LogP contribution in [0.2, 0.25) is 5.02 Å². The molecule has 2 aromatic carbocycles. The number of benzene rings is 2. The fourth-order valence-corrected chi connectivity index (χ4v) is 2.16. The van der Waals surface area contributed by atoms with Crippen LogP contribution in [0.25, 0.3) is 0 Å². The molecule has 2 aromatic rings. The van der Waals surface area contributed by atoms with E-state index in [1.165, 1.54) is 6.07 Å². The molecule has 0 atom stereocenters. The fraction of sp³-hybridized carbons (Fsp3) is 0.133. The molecule has 2 rings (SSSR count). The first-order valence-electron chi connectivity index (χ1n) is 6.30. The fourth-order valence-electron chi connectivity index (χ4n) is 1.73. The molecule has 0 aliphatic carbocycles. The van der Waals surface area contributed by atoms with Gasteiger partial charge in [-0.3, -0.25) is 4.79 Å². The Hall–Kier alpha value is -1.73. The van der Waals surface area contributed by atoms with Gasteiger partial charge in [-0.2, -0.15) is 13.2 Å². The SMILES string of the molecule is O=C(COc1ccc(Br)cc1)Nc1ccc(Cl)cc1C(F)(F)F. The summed E-state index contributed by atoms with van der Waals surface area (Å²) < 4.78 is 44.8. The lowest BCUT2D eigenvalue weighted by Crippen LogP contribution is -2.22. The Labute approximate surface area is 143 Å². The number of hydrogen-bond donors (Lipinski definition) is 1. The normalized spacial score (nSPS) is 11.2. The first-order chi connectivity index (χ1) is 10.8. The van der Waals surface area contributed by atoms with Gasteiger partial charge in [0.25, 0.3) is 5.91 Å². The van der Waals surface area contributed by atoms with Crippen molar-refractivity contribution in [2.75, 3.05) is 11.9 Å². The molecule has 8 heteroatoms. The molecule has 1 N–H and O–H groups in total. The van der Waals surface area contributed by atoms with Crippen molar-refractivity contribution in [3.8, 4) is 5.75 Å². The predicted molar refractivity (Wildman–Crippen MR) is 84.7 cm³/mol. The monoisotopic (exact) mass is 407 g/mol. The summed E-state index contributed by atoms with van der Waals surface area (Å²) in [6, 6.07) is 9.81. The van der Waals surface area contributed by atoms with E-state index in [1.54, 1.807) is 24.3 Å². The maximum atomic E-state index is 12.9. The first kappa shape index (κ1) is 17.6. The zero-order chi connectivity index (χ0) is 17.0. The van der Waals surface area contributed by atoms with Crippen LogP contribution in [0.4, 0.5) is 18.9 Å². The van der Waals surface area contributed by atoms with E-state index < -0.39 is 24.3 Å². The second-order valence-electron chi connectivity index (χ2n) is 4.48. The lowest BCUT2D eigenvalue weighted by molar-refractivity contribution is -0.137. The van der Waals surface area contributed by atoms with Crippen LogP contribution >= 0.6 is 27.5 Å². The lowest BCUT2D eigenvalue weighted by Gasteiger charge is -2.14. The zero-order valence-corrected chi connectivity index (χ0v) is 13.8. The number of halogens is 5. The highest BCUT2D eigenvalue weighted by atomic mass is 79.9. The molecular formula is C15H10BrClF3NO2. The number of amides is 1. The van der Waals surface area contributed by atoms with Crippen LogP contribution in [0.3, 0.4) is 0 Å². The Morgan fingerprint density at radius 2 is 1.83 bits per heavy atom. The van der Waals surface area contributed by atoms with Gasteiger partial charge in [-0.05, 0) is 42.5 Å².